The highest BCUT2D eigenvalue weighted by Gasteiger charge is 2.37. The number of rotatable bonds is 5. The van der Waals surface area contributed by atoms with Crippen LogP contribution in [0.15, 0.2) is 30.3 Å². The largest absolute Gasteiger partial charge is 0.375 e. The molecule has 0 radical (unpaired) electrons. The maximum Gasteiger partial charge on any atom is 0.248 e. The number of piperazine rings is 1. The zero-order valence-corrected chi connectivity index (χ0v) is 15.1. The van der Waals surface area contributed by atoms with Gasteiger partial charge in [-0.15, -0.1) is 0 Å². The van der Waals surface area contributed by atoms with Gasteiger partial charge in [-0.2, -0.15) is 0 Å². The molecule has 7 nitrogen and oxygen atoms in total. The van der Waals surface area contributed by atoms with E-state index in [1.54, 1.807) is 14.7 Å². The number of hydrogen-bond donors (Lipinski definition) is 0. The molecule has 0 aliphatic carbocycles. The molecule has 26 heavy (non-hydrogen) atoms. The second kappa shape index (κ2) is 8.31. The van der Waals surface area contributed by atoms with Crippen LogP contribution in [0.3, 0.4) is 0 Å². The van der Waals surface area contributed by atoms with Crippen molar-refractivity contribution in [1.29, 1.82) is 0 Å². The predicted molar refractivity (Wildman–Crippen MR) is 95.0 cm³/mol. The Labute approximate surface area is 153 Å². The molecule has 1 unspecified atom stereocenters. The summed E-state index contributed by atoms with van der Waals surface area (Å²) in [6.45, 7) is 3.14. The Morgan fingerprint density at radius 2 is 1.73 bits per heavy atom. The third kappa shape index (κ3) is 4.22. The Bertz CT molecular complexity index is 656. The van der Waals surface area contributed by atoms with E-state index >= 15 is 0 Å². The fourth-order valence-electron chi connectivity index (χ4n) is 3.54. The molecule has 2 aliphatic heterocycles. The Hall–Kier alpha value is -2.41. The van der Waals surface area contributed by atoms with Gasteiger partial charge in [0, 0.05) is 52.8 Å². The van der Waals surface area contributed by atoms with Crippen LogP contribution in [0.1, 0.15) is 12.0 Å². The van der Waals surface area contributed by atoms with E-state index in [1.807, 2.05) is 30.3 Å². The maximum absolute atomic E-state index is 12.8. The quantitative estimate of drug-likeness (QED) is 0.761. The molecule has 0 aromatic heterocycles. The zero-order chi connectivity index (χ0) is 18.5. The van der Waals surface area contributed by atoms with Crippen LogP contribution in [-0.4, -0.2) is 78.9 Å². The van der Waals surface area contributed by atoms with Gasteiger partial charge in [0.2, 0.25) is 17.7 Å². The zero-order valence-electron chi connectivity index (χ0n) is 15.1. The molecule has 1 aromatic rings. The number of nitrogens with zero attached hydrogens (tertiary/aromatic N) is 3. The Kier molecular flexibility index (Phi) is 5.88. The molecule has 2 aliphatic rings. The lowest BCUT2D eigenvalue weighted by atomic mass is 10.1. The number of likely N-dealkylation sites (tertiary alicyclic amines) is 1. The van der Waals surface area contributed by atoms with Gasteiger partial charge >= 0.3 is 0 Å². The van der Waals surface area contributed by atoms with Crippen LogP contribution in [0, 0.1) is 5.92 Å². The van der Waals surface area contributed by atoms with Crippen LogP contribution in [0.5, 0.6) is 0 Å². The molecule has 2 heterocycles. The summed E-state index contributed by atoms with van der Waals surface area (Å²) in [5.41, 5.74) is 1.07. The van der Waals surface area contributed by atoms with E-state index in [0.717, 1.165) is 5.56 Å². The standard InChI is InChI=1S/C19H25N3O4/c1-26-14-18(24)20-7-9-21(10-8-20)19(25)16-11-17(23)22(13-16)12-15-5-3-2-4-6-15/h2-6,16H,7-14H2,1H3. The number of ether oxygens (including phenoxy) is 1. The van der Waals surface area contributed by atoms with E-state index in [-0.39, 0.29) is 36.7 Å². The van der Waals surface area contributed by atoms with Crippen LogP contribution in [-0.2, 0) is 25.7 Å². The monoisotopic (exact) mass is 359 g/mol. The van der Waals surface area contributed by atoms with Gasteiger partial charge < -0.3 is 19.4 Å². The molecule has 1 aromatic carbocycles. The Morgan fingerprint density at radius 3 is 2.38 bits per heavy atom. The highest BCUT2D eigenvalue weighted by atomic mass is 16.5. The van der Waals surface area contributed by atoms with Gasteiger partial charge in [0.05, 0.1) is 5.92 Å². The summed E-state index contributed by atoms with van der Waals surface area (Å²) in [6, 6.07) is 9.81. The highest BCUT2D eigenvalue weighted by Crippen LogP contribution is 2.22. The second-order valence-corrected chi connectivity index (χ2v) is 6.80. The molecule has 0 N–H and O–H groups in total. The van der Waals surface area contributed by atoms with Gasteiger partial charge in [-0.25, -0.2) is 0 Å². The Morgan fingerprint density at radius 1 is 1.08 bits per heavy atom. The topological polar surface area (TPSA) is 70.2 Å². The average Bonchev–Trinajstić information content (AvgIpc) is 3.03. The first-order valence-corrected chi connectivity index (χ1v) is 8.95. The van der Waals surface area contributed by atoms with Crippen molar-refractivity contribution < 1.29 is 19.1 Å². The van der Waals surface area contributed by atoms with Crippen molar-refractivity contribution >= 4 is 17.7 Å². The minimum absolute atomic E-state index is 0.0211. The predicted octanol–water partition coefficient (Wildman–Crippen LogP) is 0.352. The molecule has 0 bridgehead atoms. The Balaban J connectivity index is 1.51. The molecule has 2 fully saturated rings. The molecule has 0 spiro atoms. The van der Waals surface area contributed by atoms with Crippen molar-refractivity contribution in [3.05, 3.63) is 35.9 Å². The number of carbonyl (C=O) groups is 3. The summed E-state index contributed by atoms with van der Waals surface area (Å²) >= 11 is 0. The first kappa shape index (κ1) is 18.4. The number of carbonyl (C=O) groups excluding carboxylic acids is 3. The van der Waals surface area contributed by atoms with Crippen molar-refractivity contribution in [2.24, 2.45) is 5.92 Å². The minimum atomic E-state index is -0.285. The van der Waals surface area contributed by atoms with Crippen LogP contribution in [0.25, 0.3) is 0 Å². The molecular formula is C19H25N3O4. The van der Waals surface area contributed by atoms with Crippen molar-refractivity contribution in [3.63, 3.8) is 0 Å². The molecule has 1 atom stereocenters. The summed E-state index contributed by atoms with van der Waals surface area (Å²) in [5.74, 6) is -0.286. The maximum atomic E-state index is 12.8. The van der Waals surface area contributed by atoms with Crippen LogP contribution in [0.4, 0.5) is 0 Å². The summed E-state index contributed by atoms with van der Waals surface area (Å²) in [4.78, 5) is 42.1. The molecule has 0 saturated carbocycles. The normalized spacial score (nSPS) is 20.6. The van der Waals surface area contributed by atoms with Gasteiger partial charge in [-0.05, 0) is 5.56 Å². The lowest BCUT2D eigenvalue weighted by molar-refractivity contribution is -0.143. The fraction of sp³-hybridized carbons (Fsp3) is 0.526. The van der Waals surface area contributed by atoms with Crippen molar-refractivity contribution in [1.82, 2.24) is 14.7 Å². The molecule has 140 valence electrons. The van der Waals surface area contributed by atoms with Gasteiger partial charge in [-0.3, -0.25) is 14.4 Å². The highest BCUT2D eigenvalue weighted by molar-refractivity contribution is 5.89. The number of methoxy groups -OCH3 is 1. The summed E-state index contributed by atoms with van der Waals surface area (Å²) in [7, 11) is 1.50. The fourth-order valence-corrected chi connectivity index (χ4v) is 3.54. The van der Waals surface area contributed by atoms with Crippen LogP contribution in [0.2, 0.25) is 0 Å². The minimum Gasteiger partial charge on any atom is -0.375 e. The van der Waals surface area contributed by atoms with Crippen LogP contribution < -0.4 is 0 Å². The SMILES string of the molecule is COCC(=O)N1CCN(C(=O)C2CC(=O)N(Cc3ccccc3)C2)CC1. The molecule has 2 saturated heterocycles. The van der Waals surface area contributed by atoms with Crippen molar-refractivity contribution in [2.45, 2.75) is 13.0 Å². The lowest BCUT2D eigenvalue weighted by Crippen LogP contribution is -2.52. The van der Waals surface area contributed by atoms with E-state index in [4.69, 9.17) is 4.74 Å². The molecule has 3 rings (SSSR count). The molecule has 7 heteroatoms. The first-order valence-electron chi connectivity index (χ1n) is 8.95. The van der Waals surface area contributed by atoms with Gasteiger partial charge in [0.1, 0.15) is 6.61 Å². The average molecular weight is 359 g/mol. The van der Waals surface area contributed by atoms with Gasteiger partial charge in [-0.1, -0.05) is 30.3 Å². The van der Waals surface area contributed by atoms with E-state index in [2.05, 4.69) is 0 Å². The third-order valence-corrected chi connectivity index (χ3v) is 4.99. The summed E-state index contributed by atoms with van der Waals surface area (Å²) < 4.78 is 4.87. The van der Waals surface area contributed by atoms with Gasteiger partial charge in [0.25, 0.3) is 0 Å². The van der Waals surface area contributed by atoms with E-state index in [0.29, 0.717) is 39.3 Å². The van der Waals surface area contributed by atoms with E-state index < -0.39 is 0 Å². The van der Waals surface area contributed by atoms with Gasteiger partial charge in [0.15, 0.2) is 0 Å². The smallest absolute Gasteiger partial charge is 0.248 e. The van der Waals surface area contributed by atoms with Crippen molar-refractivity contribution in [3.8, 4) is 0 Å². The lowest BCUT2D eigenvalue weighted by Gasteiger charge is -2.35. The molecule has 3 amide bonds. The third-order valence-electron chi connectivity index (χ3n) is 4.99. The second-order valence-electron chi connectivity index (χ2n) is 6.80. The number of hydrogen-bond acceptors (Lipinski definition) is 4. The molecular weight excluding hydrogens is 334 g/mol. The number of benzene rings is 1. The van der Waals surface area contributed by atoms with Crippen LogP contribution >= 0.6 is 0 Å². The summed E-state index contributed by atoms with van der Waals surface area (Å²) in [5, 5.41) is 0. The van der Waals surface area contributed by atoms with Crippen molar-refractivity contribution in [2.75, 3.05) is 46.4 Å². The summed E-state index contributed by atoms with van der Waals surface area (Å²) in [6.07, 6.45) is 0.272. The first-order chi connectivity index (χ1) is 12.6. The van der Waals surface area contributed by atoms with E-state index in [9.17, 15) is 14.4 Å². The number of amides is 3. The van der Waals surface area contributed by atoms with E-state index in [1.165, 1.54) is 7.11 Å².